The second kappa shape index (κ2) is 12.1. The van der Waals surface area contributed by atoms with Crippen LogP contribution in [0.4, 0.5) is 0 Å². The molecule has 0 saturated heterocycles. The van der Waals surface area contributed by atoms with E-state index in [1.165, 1.54) is 0 Å². The summed E-state index contributed by atoms with van der Waals surface area (Å²) in [5.41, 5.74) is 3.12. The van der Waals surface area contributed by atoms with Gasteiger partial charge < -0.3 is 14.8 Å². The average Bonchev–Trinajstić information content (AvgIpc) is 2.83. The lowest BCUT2D eigenvalue weighted by Crippen LogP contribution is -2.24. The largest absolute Gasteiger partial charge is 0.488 e. The molecule has 0 aliphatic heterocycles. The smallest absolute Gasteiger partial charge is 0.259 e. The molecule has 0 aromatic heterocycles. The number of amides is 1. The summed E-state index contributed by atoms with van der Waals surface area (Å²) in [5, 5.41) is 2.89. The van der Waals surface area contributed by atoms with Gasteiger partial charge in [-0.05, 0) is 30.2 Å². The van der Waals surface area contributed by atoms with Crippen LogP contribution in [0, 0.1) is 0 Å². The second-order valence-electron chi connectivity index (χ2n) is 7.08. The Morgan fingerprint density at radius 3 is 2.28 bits per heavy atom. The molecular formula is C27H28N2O3. The van der Waals surface area contributed by atoms with Crippen molar-refractivity contribution in [2.24, 2.45) is 4.99 Å². The minimum absolute atomic E-state index is 0.242. The topological polar surface area (TPSA) is 59.9 Å². The first kappa shape index (κ1) is 22.8. The number of allylic oxidation sites excluding steroid dienone is 2. The van der Waals surface area contributed by atoms with Crippen LogP contribution in [0.25, 0.3) is 0 Å². The van der Waals surface area contributed by atoms with Gasteiger partial charge in [-0.2, -0.15) is 0 Å². The molecule has 0 saturated carbocycles. The van der Waals surface area contributed by atoms with Crippen molar-refractivity contribution in [2.45, 2.75) is 26.6 Å². The molecular weight excluding hydrogens is 400 g/mol. The van der Waals surface area contributed by atoms with E-state index in [-0.39, 0.29) is 12.5 Å². The van der Waals surface area contributed by atoms with E-state index in [0.29, 0.717) is 23.6 Å². The molecule has 1 N–H and O–H groups in total. The van der Waals surface area contributed by atoms with E-state index >= 15 is 0 Å². The lowest BCUT2D eigenvalue weighted by Gasteiger charge is -2.15. The van der Waals surface area contributed by atoms with Crippen LogP contribution >= 0.6 is 0 Å². The number of nitrogens with zero attached hydrogens (tertiary/aromatic N) is 1. The number of benzene rings is 3. The van der Waals surface area contributed by atoms with E-state index in [1.54, 1.807) is 25.4 Å². The van der Waals surface area contributed by atoms with Crippen molar-refractivity contribution in [3.8, 4) is 11.5 Å². The molecule has 5 nitrogen and oxygen atoms in total. The molecule has 0 fully saturated rings. The molecule has 0 unspecified atom stereocenters. The quantitative estimate of drug-likeness (QED) is 0.430. The third-order valence-electron chi connectivity index (χ3n) is 4.67. The van der Waals surface area contributed by atoms with Crippen LogP contribution < -0.4 is 14.8 Å². The zero-order valence-electron chi connectivity index (χ0n) is 18.5. The van der Waals surface area contributed by atoms with Gasteiger partial charge in [0.1, 0.15) is 24.7 Å². The predicted octanol–water partition coefficient (Wildman–Crippen LogP) is 5.57. The fraction of sp³-hybridized carbons (Fsp3) is 0.185. The van der Waals surface area contributed by atoms with Crippen LogP contribution in [-0.2, 0) is 13.2 Å². The number of ether oxygens (including phenoxy) is 2. The number of para-hydroxylation sites is 2. The third-order valence-corrected chi connectivity index (χ3v) is 4.67. The van der Waals surface area contributed by atoms with Crippen LogP contribution in [0.15, 0.2) is 95.6 Å². The summed E-state index contributed by atoms with van der Waals surface area (Å²) >= 11 is 0. The first-order valence-corrected chi connectivity index (χ1v) is 10.6. The highest BCUT2D eigenvalue weighted by Gasteiger charge is 2.14. The fourth-order valence-corrected chi connectivity index (χ4v) is 3.13. The summed E-state index contributed by atoms with van der Waals surface area (Å²) in [6.07, 6.45) is 4.33. The van der Waals surface area contributed by atoms with Gasteiger partial charge in [-0.1, -0.05) is 73.7 Å². The average molecular weight is 429 g/mol. The van der Waals surface area contributed by atoms with Crippen molar-refractivity contribution in [2.75, 3.05) is 7.05 Å². The molecule has 0 spiro atoms. The second-order valence-corrected chi connectivity index (χ2v) is 7.08. The monoisotopic (exact) mass is 428 g/mol. The maximum Gasteiger partial charge on any atom is 0.259 e. The molecule has 1 amide bonds. The van der Waals surface area contributed by atoms with E-state index in [2.05, 4.69) is 10.3 Å². The molecule has 0 atom stereocenters. The van der Waals surface area contributed by atoms with Gasteiger partial charge in [-0.25, -0.2) is 0 Å². The molecule has 164 valence electrons. The first-order valence-electron chi connectivity index (χ1n) is 10.6. The number of carbonyl (C=O) groups excluding carboxylic acids is 1. The van der Waals surface area contributed by atoms with Crippen LogP contribution in [0.3, 0.4) is 0 Å². The Morgan fingerprint density at radius 1 is 0.875 bits per heavy atom. The van der Waals surface area contributed by atoms with Crippen molar-refractivity contribution in [3.63, 3.8) is 0 Å². The van der Waals surface area contributed by atoms with E-state index < -0.39 is 0 Å². The fourth-order valence-electron chi connectivity index (χ4n) is 3.13. The van der Waals surface area contributed by atoms with Gasteiger partial charge in [-0.3, -0.25) is 9.79 Å². The molecule has 0 aliphatic carbocycles. The van der Waals surface area contributed by atoms with Gasteiger partial charge in [0.05, 0.1) is 11.3 Å². The molecule has 3 aromatic rings. The molecule has 0 radical (unpaired) electrons. The number of hydrogen-bond donors (Lipinski definition) is 1. The minimum Gasteiger partial charge on any atom is -0.488 e. The summed E-state index contributed by atoms with van der Waals surface area (Å²) in [6.45, 7) is 2.76. The van der Waals surface area contributed by atoms with Gasteiger partial charge in [-0.15, -0.1) is 0 Å². The highest BCUT2D eigenvalue weighted by atomic mass is 16.5. The number of hydrogen-bond acceptors (Lipinski definition) is 4. The molecule has 5 heteroatoms. The number of nitrogens with one attached hydrogen (secondary N) is 1. The molecule has 3 rings (SSSR count). The Balaban J connectivity index is 1.70. The van der Waals surface area contributed by atoms with Gasteiger partial charge >= 0.3 is 0 Å². The predicted molar refractivity (Wildman–Crippen MR) is 128 cm³/mol. The first-order chi connectivity index (χ1) is 15.7. The van der Waals surface area contributed by atoms with Gasteiger partial charge in [0.2, 0.25) is 0 Å². The zero-order valence-corrected chi connectivity index (χ0v) is 18.5. The number of carbonyl (C=O) groups is 1. The van der Waals surface area contributed by atoms with Crippen molar-refractivity contribution >= 4 is 12.1 Å². The highest BCUT2D eigenvalue weighted by Crippen LogP contribution is 2.24. The lowest BCUT2D eigenvalue weighted by atomic mass is 10.1. The van der Waals surface area contributed by atoms with Gasteiger partial charge in [0, 0.05) is 18.8 Å². The molecule has 3 aromatic carbocycles. The lowest BCUT2D eigenvalue weighted by molar-refractivity contribution is 0.0963. The Morgan fingerprint density at radius 2 is 1.53 bits per heavy atom. The maximum atomic E-state index is 12.8. The Bertz CT molecular complexity index is 1080. The van der Waals surface area contributed by atoms with E-state index in [4.69, 9.17) is 9.47 Å². The summed E-state index contributed by atoms with van der Waals surface area (Å²) in [5.74, 6) is 1.02. The van der Waals surface area contributed by atoms with Crippen molar-refractivity contribution in [1.82, 2.24) is 5.32 Å². The highest BCUT2D eigenvalue weighted by molar-refractivity contribution is 6.00. The van der Waals surface area contributed by atoms with E-state index in [9.17, 15) is 4.79 Å². The van der Waals surface area contributed by atoms with Crippen molar-refractivity contribution in [1.29, 1.82) is 0 Å². The van der Waals surface area contributed by atoms with Crippen molar-refractivity contribution in [3.05, 3.63) is 107 Å². The molecule has 0 heterocycles. The Labute approximate surface area is 189 Å². The van der Waals surface area contributed by atoms with Crippen LogP contribution in [-0.4, -0.2) is 19.2 Å². The van der Waals surface area contributed by atoms with Gasteiger partial charge in [0.15, 0.2) is 0 Å². The van der Waals surface area contributed by atoms with Crippen LogP contribution in [0.5, 0.6) is 11.5 Å². The molecule has 0 bridgehead atoms. The van der Waals surface area contributed by atoms with Crippen LogP contribution in [0.1, 0.15) is 34.8 Å². The summed E-state index contributed by atoms with van der Waals surface area (Å²) in [4.78, 5) is 16.8. The van der Waals surface area contributed by atoms with E-state index in [1.807, 2.05) is 79.7 Å². The molecule has 0 aliphatic rings. The standard InChI is InChI=1S/C27H28N2O3/c1-3-11-23(18-28-2)29-27(30)24-15-8-10-17-26(24)32-20-22-14-7-9-16-25(22)31-19-21-12-5-4-6-13-21/h4-18H,3,19-20H2,1-2H3,(H,29,30)/b23-11+,28-18?. The number of aliphatic imine (C=N–C) groups is 1. The van der Waals surface area contributed by atoms with Crippen molar-refractivity contribution < 1.29 is 14.3 Å². The molecule has 32 heavy (non-hydrogen) atoms. The number of rotatable bonds is 10. The Hall–Kier alpha value is -3.86. The zero-order chi connectivity index (χ0) is 22.6. The summed E-state index contributed by atoms with van der Waals surface area (Å²) < 4.78 is 12.1. The van der Waals surface area contributed by atoms with Gasteiger partial charge in [0.25, 0.3) is 5.91 Å². The SMILES string of the molecule is CC/C=C(\C=NC)NC(=O)c1ccccc1OCc1ccccc1OCc1ccccc1. The Kier molecular flexibility index (Phi) is 8.63. The third kappa shape index (κ3) is 6.57. The minimum atomic E-state index is -0.242. The van der Waals surface area contributed by atoms with E-state index in [0.717, 1.165) is 23.3 Å². The van der Waals surface area contributed by atoms with Crippen LogP contribution in [0.2, 0.25) is 0 Å². The normalized spacial score (nSPS) is 11.4. The summed E-state index contributed by atoms with van der Waals surface area (Å²) in [7, 11) is 1.67. The summed E-state index contributed by atoms with van der Waals surface area (Å²) in [6, 6.07) is 25.0. The maximum absolute atomic E-state index is 12.8.